The standard InChI is InChI=1S/C17H24N2O3S/c1-17(2,3)22-16(21)18-14-7-5-4-6-13(14)10-19-9-12(11-23)8-15(19)20/h4-7,12,23H,8-11H2,1-3H3,(H,18,21). The van der Waals surface area contributed by atoms with Crippen LogP contribution in [0.4, 0.5) is 10.5 Å². The molecule has 2 amide bonds. The number of hydrogen-bond donors (Lipinski definition) is 2. The summed E-state index contributed by atoms with van der Waals surface area (Å²) in [6, 6.07) is 7.47. The topological polar surface area (TPSA) is 58.6 Å². The minimum absolute atomic E-state index is 0.135. The summed E-state index contributed by atoms with van der Waals surface area (Å²) in [4.78, 5) is 25.8. The van der Waals surface area contributed by atoms with Gasteiger partial charge in [-0.15, -0.1) is 0 Å². The molecule has 0 radical (unpaired) electrons. The van der Waals surface area contributed by atoms with Gasteiger partial charge in [0.15, 0.2) is 0 Å². The molecule has 1 fully saturated rings. The molecule has 1 heterocycles. The number of para-hydroxylation sites is 1. The summed E-state index contributed by atoms with van der Waals surface area (Å²) in [5.41, 5.74) is 1.01. The van der Waals surface area contributed by atoms with Gasteiger partial charge in [0.1, 0.15) is 5.60 Å². The smallest absolute Gasteiger partial charge is 0.412 e. The summed E-state index contributed by atoms with van der Waals surface area (Å²) >= 11 is 4.28. The number of anilines is 1. The van der Waals surface area contributed by atoms with Crippen molar-refractivity contribution in [3.8, 4) is 0 Å². The number of nitrogens with one attached hydrogen (secondary N) is 1. The van der Waals surface area contributed by atoms with Crippen LogP contribution in [0.1, 0.15) is 32.8 Å². The summed E-state index contributed by atoms with van der Waals surface area (Å²) in [5, 5.41) is 2.77. The highest BCUT2D eigenvalue weighted by Gasteiger charge is 2.29. The van der Waals surface area contributed by atoms with E-state index in [0.717, 1.165) is 5.56 Å². The highest BCUT2D eigenvalue weighted by atomic mass is 32.1. The van der Waals surface area contributed by atoms with E-state index in [0.29, 0.717) is 36.9 Å². The first-order valence-electron chi connectivity index (χ1n) is 7.75. The Morgan fingerprint density at radius 3 is 2.70 bits per heavy atom. The Morgan fingerprint density at radius 1 is 1.39 bits per heavy atom. The van der Waals surface area contributed by atoms with Crippen molar-refractivity contribution >= 4 is 30.3 Å². The van der Waals surface area contributed by atoms with Crippen molar-refractivity contribution in [2.75, 3.05) is 17.6 Å². The summed E-state index contributed by atoms with van der Waals surface area (Å²) in [5.74, 6) is 1.15. The normalized spacial score (nSPS) is 18.2. The zero-order valence-electron chi connectivity index (χ0n) is 13.8. The molecule has 1 aromatic rings. The van der Waals surface area contributed by atoms with Crippen LogP contribution in [0, 0.1) is 5.92 Å². The Hall–Kier alpha value is -1.69. The van der Waals surface area contributed by atoms with Gasteiger partial charge in [0.25, 0.3) is 0 Å². The summed E-state index contributed by atoms with van der Waals surface area (Å²) in [7, 11) is 0. The number of carbonyl (C=O) groups is 2. The third kappa shape index (κ3) is 5.16. The van der Waals surface area contributed by atoms with Crippen LogP contribution in [0.15, 0.2) is 24.3 Å². The first-order chi connectivity index (χ1) is 10.8. The van der Waals surface area contributed by atoms with Crippen LogP contribution in [0.25, 0.3) is 0 Å². The third-order valence-corrected chi connectivity index (χ3v) is 4.08. The van der Waals surface area contributed by atoms with Gasteiger partial charge in [-0.05, 0) is 44.1 Å². The zero-order chi connectivity index (χ0) is 17.0. The predicted molar refractivity (Wildman–Crippen MR) is 93.7 cm³/mol. The van der Waals surface area contributed by atoms with Crippen molar-refractivity contribution in [1.82, 2.24) is 4.90 Å². The highest BCUT2D eigenvalue weighted by Crippen LogP contribution is 2.24. The van der Waals surface area contributed by atoms with Gasteiger partial charge in [-0.25, -0.2) is 4.79 Å². The third-order valence-electron chi connectivity index (χ3n) is 3.57. The largest absolute Gasteiger partial charge is 0.444 e. The number of benzene rings is 1. The van der Waals surface area contributed by atoms with Gasteiger partial charge in [0.2, 0.25) is 5.91 Å². The molecule has 1 saturated heterocycles. The molecule has 1 unspecified atom stereocenters. The number of nitrogens with zero attached hydrogens (tertiary/aromatic N) is 1. The minimum atomic E-state index is -0.552. The fraction of sp³-hybridized carbons (Fsp3) is 0.529. The predicted octanol–water partition coefficient (Wildman–Crippen LogP) is 3.31. The second-order valence-electron chi connectivity index (χ2n) is 6.81. The Bertz CT molecular complexity index is 583. The van der Waals surface area contributed by atoms with Crippen LogP contribution in [0.3, 0.4) is 0 Å². The van der Waals surface area contributed by atoms with Crippen LogP contribution in [-0.2, 0) is 16.1 Å². The Balaban J connectivity index is 2.06. The molecule has 5 nitrogen and oxygen atoms in total. The van der Waals surface area contributed by atoms with Crippen molar-refractivity contribution in [3.63, 3.8) is 0 Å². The van der Waals surface area contributed by atoms with Crippen molar-refractivity contribution in [1.29, 1.82) is 0 Å². The molecule has 1 aromatic carbocycles. The SMILES string of the molecule is CC(C)(C)OC(=O)Nc1ccccc1CN1CC(CS)CC1=O. The average Bonchev–Trinajstić information content (AvgIpc) is 2.79. The lowest BCUT2D eigenvalue weighted by molar-refractivity contribution is -0.128. The number of ether oxygens (including phenoxy) is 1. The van der Waals surface area contributed by atoms with Gasteiger partial charge >= 0.3 is 6.09 Å². The van der Waals surface area contributed by atoms with Gasteiger partial charge in [-0.1, -0.05) is 18.2 Å². The molecule has 0 bridgehead atoms. The van der Waals surface area contributed by atoms with Crippen molar-refractivity contribution in [2.45, 2.75) is 39.3 Å². The van der Waals surface area contributed by atoms with E-state index in [4.69, 9.17) is 4.74 Å². The lowest BCUT2D eigenvalue weighted by atomic mass is 10.1. The number of carbonyl (C=O) groups excluding carboxylic acids is 2. The van der Waals surface area contributed by atoms with Gasteiger partial charge in [0.05, 0.1) is 0 Å². The van der Waals surface area contributed by atoms with E-state index in [-0.39, 0.29) is 5.91 Å². The fourth-order valence-corrected chi connectivity index (χ4v) is 2.77. The van der Waals surface area contributed by atoms with Gasteiger partial charge in [-0.3, -0.25) is 10.1 Å². The second-order valence-corrected chi connectivity index (χ2v) is 7.18. The summed E-state index contributed by atoms with van der Waals surface area (Å²) in [6.45, 7) is 6.65. The second kappa shape index (κ2) is 7.25. The molecule has 1 aliphatic rings. The first-order valence-corrected chi connectivity index (χ1v) is 8.38. The van der Waals surface area contributed by atoms with E-state index in [1.165, 1.54) is 0 Å². The van der Waals surface area contributed by atoms with Crippen LogP contribution in [-0.4, -0.2) is 34.8 Å². The molecule has 0 spiro atoms. The summed E-state index contributed by atoms with van der Waals surface area (Å²) in [6.07, 6.45) is 0.0523. The molecule has 1 N–H and O–H groups in total. The maximum absolute atomic E-state index is 12.0. The molecular formula is C17H24N2O3S. The molecule has 0 aromatic heterocycles. The Morgan fingerprint density at radius 2 is 2.09 bits per heavy atom. The quantitative estimate of drug-likeness (QED) is 0.829. The minimum Gasteiger partial charge on any atom is -0.444 e. The Kier molecular flexibility index (Phi) is 5.57. The summed E-state index contributed by atoms with van der Waals surface area (Å²) < 4.78 is 5.28. The van der Waals surface area contributed by atoms with Crippen LogP contribution in [0.5, 0.6) is 0 Å². The van der Waals surface area contributed by atoms with Gasteiger partial charge in [-0.2, -0.15) is 12.6 Å². The molecule has 23 heavy (non-hydrogen) atoms. The molecule has 2 rings (SSSR count). The number of amides is 2. The lowest BCUT2D eigenvalue weighted by Gasteiger charge is -2.22. The van der Waals surface area contributed by atoms with E-state index in [2.05, 4.69) is 17.9 Å². The van der Waals surface area contributed by atoms with Crippen LogP contribution >= 0.6 is 12.6 Å². The van der Waals surface area contributed by atoms with E-state index >= 15 is 0 Å². The van der Waals surface area contributed by atoms with Crippen molar-refractivity contribution in [3.05, 3.63) is 29.8 Å². The molecule has 6 heteroatoms. The molecule has 126 valence electrons. The van der Waals surface area contributed by atoms with Crippen LogP contribution < -0.4 is 5.32 Å². The van der Waals surface area contributed by atoms with E-state index in [1.807, 2.05) is 49.9 Å². The lowest BCUT2D eigenvalue weighted by Crippen LogP contribution is -2.28. The molecule has 0 aliphatic carbocycles. The first kappa shape index (κ1) is 17.7. The van der Waals surface area contributed by atoms with E-state index in [9.17, 15) is 9.59 Å². The molecule has 0 saturated carbocycles. The van der Waals surface area contributed by atoms with E-state index in [1.54, 1.807) is 0 Å². The van der Waals surface area contributed by atoms with Gasteiger partial charge in [0, 0.05) is 25.2 Å². The zero-order valence-corrected chi connectivity index (χ0v) is 14.7. The number of hydrogen-bond acceptors (Lipinski definition) is 4. The molecule has 1 atom stereocenters. The number of thiol groups is 1. The van der Waals surface area contributed by atoms with Crippen LogP contribution in [0.2, 0.25) is 0 Å². The monoisotopic (exact) mass is 336 g/mol. The maximum atomic E-state index is 12.0. The fourth-order valence-electron chi connectivity index (χ4n) is 2.53. The highest BCUT2D eigenvalue weighted by molar-refractivity contribution is 7.80. The average molecular weight is 336 g/mol. The van der Waals surface area contributed by atoms with E-state index < -0.39 is 11.7 Å². The van der Waals surface area contributed by atoms with Gasteiger partial charge < -0.3 is 9.64 Å². The molecular weight excluding hydrogens is 312 g/mol. The maximum Gasteiger partial charge on any atom is 0.412 e. The van der Waals surface area contributed by atoms with Crippen molar-refractivity contribution in [2.24, 2.45) is 5.92 Å². The number of likely N-dealkylation sites (tertiary alicyclic amines) is 1. The Labute approximate surface area is 142 Å². The van der Waals surface area contributed by atoms with Crippen molar-refractivity contribution < 1.29 is 14.3 Å². The number of rotatable bonds is 4. The molecule has 1 aliphatic heterocycles.